The summed E-state index contributed by atoms with van der Waals surface area (Å²) in [5.41, 5.74) is -0.231. The normalized spacial score (nSPS) is 11.3. The minimum Gasteiger partial charge on any atom is -0.258 e. The summed E-state index contributed by atoms with van der Waals surface area (Å²) in [4.78, 5) is 13.2. The van der Waals surface area contributed by atoms with Crippen molar-refractivity contribution in [1.29, 1.82) is 0 Å². The molecule has 8 heteroatoms. The minimum atomic E-state index is -3.93. The number of nitro groups is 1. The number of aromatic nitrogens is 1. The van der Waals surface area contributed by atoms with E-state index in [0.717, 1.165) is 12.1 Å². The lowest BCUT2D eigenvalue weighted by atomic mass is 10.3. The molecule has 0 bridgehead atoms. The van der Waals surface area contributed by atoms with Crippen molar-refractivity contribution in [3.8, 4) is 0 Å². The van der Waals surface area contributed by atoms with E-state index in [-0.39, 0.29) is 16.4 Å². The lowest BCUT2D eigenvalue weighted by Gasteiger charge is -1.98. The van der Waals surface area contributed by atoms with Gasteiger partial charge in [-0.25, -0.2) is 13.4 Å². The molecule has 0 spiro atoms. The van der Waals surface area contributed by atoms with E-state index in [2.05, 4.69) is 4.98 Å². The number of pyridine rings is 1. The lowest BCUT2D eigenvalue weighted by Crippen LogP contribution is -2.00. The highest BCUT2D eigenvalue weighted by Gasteiger charge is 2.17. The fourth-order valence-electron chi connectivity index (χ4n) is 0.859. The Kier molecular flexibility index (Phi) is 2.72. The summed E-state index contributed by atoms with van der Waals surface area (Å²) in [5, 5.41) is 9.98. The van der Waals surface area contributed by atoms with Crippen LogP contribution >= 0.6 is 10.7 Å². The minimum absolute atomic E-state index is 0.0109. The summed E-state index contributed by atoms with van der Waals surface area (Å²) in [6, 6.07) is 2.05. The van der Waals surface area contributed by atoms with Gasteiger partial charge in [0.25, 0.3) is 14.7 Å². The molecule has 0 radical (unpaired) electrons. The van der Waals surface area contributed by atoms with Crippen LogP contribution in [0.4, 0.5) is 5.69 Å². The average Bonchev–Trinajstić information content (AvgIpc) is 2.01. The molecule has 1 rings (SSSR count). The van der Waals surface area contributed by atoms with Gasteiger partial charge in [0, 0.05) is 16.7 Å². The Bertz CT molecular complexity index is 485. The van der Waals surface area contributed by atoms with Crippen LogP contribution in [0.25, 0.3) is 0 Å². The molecule has 6 nitrogen and oxygen atoms in total. The van der Waals surface area contributed by atoms with E-state index in [0.29, 0.717) is 0 Å². The van der Waals surface area contributed by atoms with E-state index in [1.165, 1.54) is 6.92 Å². The zero-order valence-corrected chi connectivity index (χ0v) is 8.54. The van der Waals surface area contributed by atoms with Gasteiger partial charge >= 0.3 is 0 Å². The Labute approximate surface area is 84.1 Å². The fraction of sp³-hybridized carbons (Fsp3) is 0.167. The molecule has 0 saturated heterocycles. The molecule has 1 aromatic heterocycles. The SMILES string of the molecule is Cc1nc(S(=O)(=O)Cl)ccc1[N+](=O)[O-]. The maximum absolute atomic E-state index is 10.8. The first-order valence-corrected chi connectivity index (χ1v) is 5.70. The van der Waals surface area contributed by atoms with Crippen LogP contribution in [0.3, 0.4) is 0 Å². The number of rotatable bonds is 2. The molecular formula is C6H5ClN2O4S. The van der Waals surface area contributed by atoms with Crippen LogP contribution in [0.2, 0.25) is 0 Å². The van der Waals surface area contributed by atoms with Crippen LogP contribution < -0.4 is 0 Å². The topological polar surface area (TPSA) is 90.2 Å². The third-order valence-corrected chi connectivity index (χ3v) is 2.68. The molecule has 0 amide bonds. The second-order valence-corrected chi connectivity index (χ2v) is 4.96. The summed E-state index contributed by atoms with van der Waals surface area (Å²) in [5.74, 6) is 0. The van der Waals surface area contributed by atoms with Gasteiger partial charge < -0.3 is 0 Å². The first-order chi connectivity index (χ1) is 6.32. The van der Waals surface area contributed by atoms with Crippen molar-refractivity contribution in [3.05, 3.63) is 27.9 Å². The molecule has 76 valence electrons. The van der Waals surface area contributed by atoms with Crippen molar-refractivity contribution in [3.63, 3.8) is 0 Å². The Morgan fingerprint density at radius 1 is 1.50 bits per heavy atom. The quantitative estimate of drug-likeness (QED) is 0.438. The molecule has 0 aliphatic carbocycles. The van der Waals surface area contributed by atoms with Crippen molar-refractivity contribution >= 4 is 25.4 Å². The standard InChI is InChI=1S/C6H5ClN2O4S/c1-4-5(9(10)11)2-3-6(8-4)14(7,12)13/h2-3H,1H3. The summed E-state index contributed by atoms with van der Waals surface area (Å²) in [7, 11) is 1.07. The third-order valence-electron chi connectivity index (χ3n) is 1.48. The molecule has 1 aromatic rings. The zero-order chi connectivity index (χ0) is 10.9. The van der Waals surface area contributed by atoms with Crippen molar-refractivity contribution in [2.75, 3.05) is 0 Å². The first-order valence-electron chi connectivity index (χ1n) is 3.39. The molecule has 0 aliphatic rings. The average molecular weight is 237 g/mol. The molecular weight excluding hydrogens is 232 g/mol. The third kappa shape index (κ3) is 2.18. The van der Waals surface area contributed by atoms with Crippen molar-refractivity contribution < 1.29 is 13.3 Å². The van der Waals surface area contributed by atoms with E-state index < -0.39 is 14.0 Å². The number of aryl methyl sites for hydroxylation is 1. The van der Waals surface area contributed by atoms with Gasteiger partial charge in [0.15, 0.2) is 5.03 Å². The van der Waals surface area contributed by atoms with Crippen LogP contribution in [-0.2, 0) is 9.05 Å². The van der Waals surface area contributed by atoms with Crippen LogP contribution in [0.5, 0.6) is 0 Å². The highest BCUT2D eigenvalue weighted by molar-refractivity contribution is 8.13. The monoisotopic (exact) mass is 236 g/mol. The highest BCUT2D eigenvalue weighted by atomic mass is 35.7. The van der Waals surface area contributed by atoms with Crippen molar-refractivity contribution in [1.82, 2.24) is 4.98 Å². The van der Waals surface area contributed by atoms with Crippen LogP contribution in [-0.4, -0.2) is 18.3 Å². The zero-order valence-electron chi connectivity index (χ0n) is 6.97. The maximum atomic E-state index is 10.8. The molecule has 1 heterocycles. The molecule has 0 atom stereocenters. The molecule has 0 saturated carbocycles. The van der Waals surface area contributed by atoms with E-state index >= 15 is 0 Å². The van der Waals surface area contributed by atoms with Crippen LogP contribution in [0.15, 0.2) is 17.2 Å². The van der Waals surface area contributed by atoms with Crippen molar-refractivity contribution in [2.45, 2.75) is 11.9 Å². The second-order valence-electron chi connectivity index (χ2n) is 2.45. The Morgan fingerprint density at radius 3 is 2.43 bits per heavy atom. The molecule has 0 fully saturated rings. The molecule has 0 aliphatic heterocycles. The molecule has 0 unspecified atom stereocenters. The van der Waals surface area contributed by atoms with Gasteiger partial charge in [-0.3, -0.25) is 10.1 Å². The van der Waals surface area contributed by atoms with E-state index in [4.69, 9.17) is 10.7 Å². The lowest BCUT2D eigenvalue weighted by molar-refractivity contribution is -0.385. The van der Waals surface area contributed by atoms with E-state index in [1.54, 1.807) is 0 Å². The van der Waals surface area contributed by atoms with Gasteiger partial charge in [-0.1, -0.05) is 0 Å². The fourth-order valence-corrected chi connectivity index (χ4v) is 1.59. The Hall–Kier alpha value is -1.21. The number of halogens is 1. The summed E-state index contributed by atoms with van der Waals surface area (Å²) in [6.07, 6.45) is 0. The van der Waals surface area contributed by atoms with Crippen LogP contribution in [0.1, 0.15) is 5.69 Å². The highest BCUT2D eigenvalue weighted by Crippen LogP contribution is 2.19. The van der Waals surface area contributed by atoms with Gasteiger partial charge in [-0.15, -0.1) is 0 Å². The van der Waals surface area contributed by atoms with Gasteiger partial charge in [-0.05, 0) is 13.0 Å². The largest absolute Gasteiger partial charge is 0.290 e. The van der Waals surface area contributed by atoms with Gasteiger partial charge in [0.2, 0.25) is 0 Å². The summed E-state index contributed by atoms with van der Waals surface area (Å²) in [6.45, 7) is 1.34. The molecule has 0 N–H and O–H groups in total. The van der Waals surface area contributed by atoms with Gasteiger partial charge in [-0.2, -0.15) is 0 Å². The van der Waals surface area contributed by atoms with Gasteiger partial charge in [0.1, 0.15) is 5.69 Å². The number of hydrogen-bond acceptors (Lipinski definition) is 5. The number of hydrogen-bond donors (Lipinski definition) is 0. The summed E-state index contributed by atoms with van der Waals surface area (Å²) >= 11 is 0. The Morgan fingerprint density at radius 2 is 2.07 bits per heavy atom. The second kappa shape index (κ2) is 3.50. The molecule has 14 heavy (non-hydrogen) atoms. The van der Waals surface area contributed by atoms with E-state index in [9.17, 15) is 18.5 Å². The number of nitrogens with zero attached hydrogens (tertiary/aromatic N) is 2. The predicted octanol–water partition coefficient (Wildman–Crippen LogP) is 1.23. The first kappa shape index (κ1) is 10.9. The van der Waals surface area contributed by atoms with E-state index in [1.807, 2.05) is 0 Å². The maximum Gasteiger partial charge on any atom is 0.290 e. The smallest absolute Gasteiger partial charge is 0.258 e. The molecule has 0 aromatic carbocycles. The Balaban J connectivity index is 3.34. The summed E-state index contributed by atoms with van der Waals surface area (Å²) < 4.78 is 21.6. The predicted molar refractivity (Wildman–Crippen MR) is 48.7 cm³/mol. The van der Waals surface area contributed by atoms with Gasteiger partial charge in [0.05, 0.1) is 4.92 Å². The van der Waals surface area contributed by atoms with Crippen molar-refractivity contribution in [2.24, 2.45) is 0 Å². The van der Waals surface area contributed by atoms with Crippen LogP contribution in [0, 0.1) is 17.0 Å².